The second kappa shape index (κ2) is 7.10. The highest BCUT2D eigenvalue weighted by Crippen LogP contribution is 2.34. The molecule has 0 radical (unpaired) electrons. The van der Waals surface area contributed by atoms with Gasteiger partial charge in [-0.05, 0) is 30.7 Å². The van der Waals surface area contributed by atoms with E-state index in [0.717, 1.165) is 22.6 Å². The molecule has 0 fully saturated rings. The number of halogens is 3. The van der Waals surface area contributed by atoms with Gasteiger partial charge in [0.05, 0.1) is 18.1 Å². The van der Waals surface area contributed by atoms with Gasteiger partial charge >= 0.3 is 0 Å². The number of hydrogen-bond donors (Lipinski definition) is 1. The van der Waals surface area contributed by atoms with Crippen LogP contribution in [0.2, 0.25) is 5.15 Å². The van der Waals surface area contributed by atoms with Gasteiger partial charge in [-0.2, -0.15) is 0 Å². The first kappa shape index (κ1) is 20.2. The maximum atomic E-state index is 14.5. The van der Waals surface area contributed by atoms with Crippen LogP contribution in [0.25, 0.3) is 11.9 Å². The fraction of sp³-hybridized carbons (Fsp3) is 0.235. The fourth-order valence-corrected chi connectivity index (χ4v) is 4.34. The first-order valence-electron chi connectivity index (χ1n) is 7.99. The Bertz CT molecular complexity index is 1090. The standard InChI is InChI=1S/C17H16ClF2N5O2S/c1-17(9-28(26,27)25(2)16(21)24-17)11-5-10(3-4-12(11)19)6-13(20)14-7-23-15(18)8-22-14/h3-8H,9H2,1-2H3,(H2,21,24). The molecule has 1 aromatic carbocycles. The topological polar surface area (TPSA) is 102 Å². The molecule has 2 heterocycles. The van der Waals surface area contributed by atoms with Crippen molar-refractivity contribution < 1.29 is 17.2 Å². The molecular weight excluding hydrogens is 412 g/mol. The third-order valence-corrected chi connectivity index (χ3v) is 6.44. The van der Waals surface area contributed by atoms with Crippen LogP contribution in [-0.2, 0) is 15.6 Å². The summed E-state index contributed by atoms with van der Waals surface area (Å²) in [5.74, 6) is -2.13. The van der Waals surface area contributed by atoms with E-state index in [-0.39, 0.29) is 27.9 Å². The van der Waals surface area contributed by atoms with E-state index in [4.69, 9.17) is 17.3 Å². The Kier molecular flexibility index (Phi) is 5.11. The second-order valence-corrected chi connectivity index (χ2v) is 8.81. The average molecular weight is 428 g/mol. The summed E-state index contributed by atoms with van der Waals surface area (Å²) in [6.07, 6.45) is 3.48. The molecule has 0 bridgehead atoms. The van der Waals surface area contributed by atoms with Gasteiger partial charge in [0.1, 0.15) is 22.2 Å². The van der Waals surface area contributed by atoms with Crippen molar-refractivity contribution in [2.24, 2.45) is 10.7 Å². The highest BCUT2D eigenvalue weighted by atomic mass is 35.5. The Balaban J connectivity index is 2.05. The van der Waals surface area contributed by atoms with E-state index in [0.29, 0.717) is 0 Å². The molecule has 3 rings (SSSR count). The highest BCUT2D eigenvalue weighted by molar-refractivity contribution is 7.89. The van der Waals surface area contributed by atoms with E-state index in [9.17, 15) is 17.2 Å². The van der Waals surface area contributed by atoms with Gasteiger partial charge in [0.25, 0.3) is 0 Å². The van der Waals surface area contributed by atoms with Gasteiger partial charge in [-0.25, -0.2) is 36.5 Å². The molecule has 0 amide bonds. The minimum atomic E-state index is -3.78. The van der Waals surface area contributed by atoms with Crippen molar-refractivity contribution >= 4 is 39.5 Å². The molecule has 148 valence electrons. The van der Waals surface area contributed by atoms with Crippen LogP contribution in [-0.4, -0.2) is 41.5 Å². The molecule has 1 atom stereocenters. The van der Waals surface area contributed by atoms with Crippen molar-refractivity contribution in [2.45, 2.75) is 12.5 Å². The zero-order chi connectivity index (χ0) is 20.7. The first-order chi connectivity index (χ1) is 13.0. The molecule has 0 saturated carbocycles. The molecule has 1 aromatic heterocycles. The Labute approximate surface area is 165 Å². The third-order valence-electron chi connectivity index (χ3n) is 4.29. The van der Waals surface area contributed by atoms with Crippen molar-refractivity contribution in [3.63, 3.8) is 0 Å². The summed E-state index contributed by atoms with van der Waals surface area (Å²) >= 11 is 5.63. The predicted molar refractivity (Wildman–Crippen MR) is 103 cm³/mol. The SMILES string of the molecule is CN1C(N)=NC(C)(c2cc(C=C(F)c3cnc(Cl)cn3)ccc2F)CS1(=O)=O. The molecule has 1 aliphatic rings. The van der Waals surface area contributed by atoms with Gasteiger partial charge in [-0.1, -0.05) is 17.7 Å². The van der Waals surface area contributed by atoms with Crippen LogP contribution in [0.4, 0.5) is 8.78 Å². The van der Waals surface area contributed by atoms with Crippen LogP contribution in [0.5, 0.6) is 0 Å². The molecular formula is C17H16ClF2N5O2S. The summed E-state index contributed by atoms with van der Waals surface area (Å²) in [6, 6.07) is 3.79. The molecule has 0 saturated heterocycles. The van der Waals surface area contributed by atoms with Crippen LogP contribution >= 0.6 is 11.6 Å². The van der Waals surface area contributed by atoms with Crippen molar-refractivity contribution in [1.82, 2.24) is 14.3 Å². The van der Waals surface area contributed by atoms with Gasteiger partial charge in [0.2, 0.25) is 16.0 Å². The van der Waals surface area contributed by atoms with Crippen molar-refractivity contribution in [3.8, 4) is 0 Å². The number of aliphatic imine (C=N–C) groups is 1. The average Bonchev–Trinajstić information content (AvgIpc) is 2.61. The number of rotatable bonds is 3. The second-order valence-electron chi connectivity index (χ2n) is 6.42. The van der Waals surface area contributed by atoms with E-state index in [1.807, 2.05) is 0 Å². The minimum absolute atomic E-state index is 0.0177. The molecule has 0 aliphatic carbocycles. The molecule has 7 nitrogen and oxygen atoms in total. The number of hydrogen-bond acceptors (Lipinski definition) is 6. The number of sulfonamides is 1. The van der Waals surface area contributed by atoms with E-state index in [2.05, 4.69) is 15.0 Å². The van der Waals surface area contributed by atoms with Crippen molar-refractivity contribution in [3.05, 3.63) is 58.4 Å². The number of nitrogens with zero attached hydrogens (tertiary/aromatic N) is 4. The Morgan fingerprint density at radius 2 is 2.07 bits per heavy atom. The lowest BCUT2D eigenvalue weighted by atomic mass is 9.92. The van der Waals surface area contributed by atoms with E-state index in [1.54, 1.807) is 0 Å². The lowest BCUT2D eigenvalue weighted by Crippen LogP contribution is -2.50. The minimum Gasteiger partial charge on any atom is -0.369 e. The normalized spacial score (nSPS) is 22.1. The zero-order valence-corrected chi connectivity index (χ0v) is 16.5. The maximum Gasteiger partial charge on any atom is 0.239 e. The summed E-state index contributed by atoms with van der Waals surface area (Å²) in [7, 11) is -2.51. The van der Waals surface area contributed by atoms with Crippen LogP contribution < -0.4 is 5.73 Å². The molecule has 1 unspecified atom stereocenters. The monoisotopic (exact) mass is 427 g/mol. The Hall–Kier alpha value is -2.59. The van der Waals surface area contributed by atoms with Gasteiger partial charge in [0, 0.05) is 12.6 Å². The first-order valence-corrected chi connectivity index (χ1v) is 9.98. The smallest absolute Gasteiger partial charge is 0.239 e. The number of benzene rings is 1. The Morgan fingerprint density at radius 1 is 1.36 bits per heavy atom. The number of nitrogens with two attached hydrogens (primary N) is 1. The summed E-state index contributed by atoms with van der Waals surface area (Å²) in [5, 5.41) is 0.118. The largest absolute Gasteiger partial charge is 0.369 e. The van der Waals surface area contributed by atoms with Gasteiger partial charge in [0.15, 0.2) is 5.83 Å². The number of aromatic nitrogens is 2. The molecule has 2 aromatic rings. The Morgan fingerprint density at radius 3 is 2.68 bits per heavy atom. The van der Waals surface area contributed by atoms with Gasteiger partial charge in [-0.3, -0.25) is 0 Å². The summed E-state index contributed by atoms with van der Waals surface area (Å²) in [4.78, 5) is 11.7. The quantitative estimate of drug-likeness (QED) is 0.811. The summed E-state index contributed by atoms with van der Waals surface area (Å²) in [5.41, 5.74) is 4.46. The lowest BCUT2D eigenvalue weighted by Gasteiger charge is -2.34. The molecule has 28 heavy (non-hydrogen) atoms. The van der Waals surface area contributed by atoms with E-state index in [1.165, 1.54) is 32.3 Å². The molecule has 2 N–H and O–H groups in total. The van der Waals surface area contributed by atoms with Crippen LogP contribution in [0.1, 0.15) is 23.7 Å². The molecule has 11 heteroatoms. The van der Waals surface area contributed by atoms with Crippen LogP contribution in [0.15, 0.2) is 35.6 Å². The van der Waals surface area contributed by atoms with Gasteiger partial charge in [-0.15, -0.1) is 0 Å². The van der Waals surface area contributed by atoms with Crippen LogP contribution in [0, 0.1) is 5.82 Å². The molecule has 1 aliphatic heterocycles. The maximum absolute atomic E-state index is 14.5. The van der Waals surface area contributed by atoms with E-state index < -0.39 is 33.0 Å². The highest BCUT2D eigenvalue weighted by Gasteiger charge is 2.41. The van der Waals surface area contributed by atoms with Crippen molar-refractivity contribution in [1.29, 1.82) is 0 Å². The third kappa shape index (κ3) is 3.83. The van der Waals surface area contributed by atoms with Gasteiger partial charge < -0.3 is 5.73 Å². The van der Waals surface area contributed by atoms with Crippen LogP contribution in [0.3, 0.4) is 0 Å². The summed E-state index contributed by atoms with van der Waals surface area (Å²) in [6.45, 7) is 1.46. The predicted octanol–water partition coefficient (Wildman–Crippen LogP) is 2.54. The van der Waals surface area contributed by atoms with E-state index >= 15 is 0 Å². The summed E-state index contributed by atoms with van der Waals surface area (Å²) < 4.78 is 54.4. The van der Waals surface area contributed by atoms with Crippen molar-refractivity contribution in [2.75, 3.05) is 12.8 Å². The fourth-order valence-electron chi connectivity index (χ4n) is 2.79. The lowest BCUT2D eigenvalue weighted by molar-refractivity contribution is 0.458. The number of guanidine groups is 1. The zero-order valence-electron chi connectivity index (χ0n) is 14.9. The molecule has 0 spiro atoms.